The van der Waals surface area contributed by atoms with Crippen LogP contribution in [0.1, 0.15) is 25.1 Å². The molecule has 0 aliphatic carbocycles. The van der Waals surface area contributed by atoms with Crippen LogP contribution in [-0.4, -0.2) is 9.13 Å². The topological polar surface area (TPSA) is 9.86 Å². The average Bonchev–Trinajstić information content (AvgIpc) is 3.82. The van der Waals surface area contributed by atoms with Crippen LogP contribution in [0.15, 0.2) is 219 Å². The van der Waals surface area contributed by atoms with E-state index in [-0.39, 0.29) is 0 Å². The molecule has 0 spiro atoms. The van der Waals surface area contributed by atoms with Crippen LogP contribution >= 0.6 is 0 Å². The first-order valence-corrected chi connectivity index (χ1v) is 20.6. The van der Waals surface area contributed by atoms with Crippen LogP contribution < -0.4 is 0 Å². The monoisotopic (exact) mass is 770 g/mol. The summed E-state index contributed by atoms with van der Waals surface area (Å²) in [7, 11) is 0. The molecule has 288 valence electrons. The lowest BCUT2D eigenvalue weighted by Gasteiger charge is -2.14. The van der Waals surface area contributed by atoms with Crippen molar-refractivity contribution in [2.45, 2.75) is 13.8 Å². The maximum atomic E-state index is 4.32. The zero-order chi connectivity index (χ0) is 41.0. The lowest BCUT2D eigenvalue weighted by molar-refractivity contribution is 1.10. The molecule has 60 heavy (non-hydrogen) atoms. The molecule has 0 radical (unpaired) electrons. The minimum Gasteiger partial charge on any atom is -0.307 e. The lowest BCUT2D eigenvalue weighted by Crippen LogP contribution is -2.00. The van der Waals surface area contributed by atoms with Gasteiger partial charge in [-0.2, -0.15) is 0 Å². The van der Waals surface area contributed by atoms with Gasteiger partial charge in [-0.05, 0) is 94.4 Å². The molecule has 2 aromatic heterocycles. The predicted molar refractivity (Wildman–Crippen MR) is 261 cm³/mol. The van der Waals surface area contributed by atoms with Gasteiger partial charge in [-0.15, -0.1) is 0 Å². The van der Waals surface area contributed by atoms with Crippen LogP contribution in [-0.2, 0) is 0 Å². The summed E-state index contributed by atoms with van der Waals surface area (Å²) in [6.45, 7) is 11.8. The first kappa shape index (κ1) is 37.9. The number of nitrogens with zero attached hydrogens (tertiary/aromatic N) is 2. The summed E-state index contributed by atoms with van der Waals surface area (Å²) in [5, 5.41) is 6.16. The van der Waals surface area contributed by atoms with Crippen molar-refractivity contribution in [3.8, 4) is 44.8 Å². The quantitative estimate of drug-likeness (QED) is 0.136. The van der Waals surface area contributed by atoms with Gasteiger partial charge in [-0.3, -0.25) is 0 Å². The minimum absolute atomic E-state index is 1.10. The number of hydrogen-bond donors (Lipinski definition) is 0. The van der Waals surface area contributed by atoms with Crippen molar-refractivity contribution >= 4 is 55.6 Å². The Labute approximate surface area is 352 Å². The Bertz CT molecular complexity index is 3200. The van der Waals surface area contributed by atoms with Gasteiger partial charge in [-0.1, -0.05) is 195 Å². The smallest absolute Gasteiger partial charge is 0.0788 e. The van der Waals surface area contributed by atoms with E-state index in [0.717, 1.165) is 28.1 Å². The van der Waals surface area contributed by atoms with Gasteiger partial charge in [0.1, 0.15) is 0 Å². The summed E-state index contributed by atoms with van der Waals surface area (Å²) < 4.78 is 4.87. The van der Waals surface area contributed by atoms with Crippen LogP contribution in [0.3, 0.4) is 0 Å². The van der Waals surface area contributed by atoms with E-state index in [1.807, 2.05) is 25.2 Å². The summed E-state index contributed by atoms with van der Waals surface area (Å²) in [5.41, 5.74) is 15.2. The number of rotatable bonds is 8. The molecule has 10 aromatic rings. The molecule has 2 nitrogen and oxygen atoms in total. The zero-order valence-electron chi connectivity index (χ0n) is 34.1. The van der Waals surface area contributed by atoms with Crippen LogP contribution in [0, 0.1) is 0 Å². The summed E-state index contributed by atoms with van der Waals surface area (Å²) in [6, 6.07) is 66.0. The van der Waals surface area contributed by atoms with Crippen molar-refractivity contribution in [3.05, 3.63) is 231 Å². The van der Waals surface area contributed by atoms with E-state index in [4.69, 9.17) is 0 Å². The van der Waals surface area contributed by atoms with Gasteiger partial charge in [0.05, 0.1) is 22.2 Å². The molecule has 0 aliphatic heterocycles. The Morgan fingerprint density at radius 2 is 0.950 bits per heavy atom. The highest BCUT2D eigenvalue weighted by Crippen LogP contribution is 2.42. The Morgan fingerprint density at radius 1 is 0.417 bits per heavy atom. The number of fused-ring (bicyclic) bond motifs is 6. The third-order valence-corrected chi connectivity index (χ3v) is 11.4. The van der Waals surface area contributed by atoms with Crippen LogP contribution in [0.5, 0.6) is 0 Å². The fourth-order valence-corrected chi connectivity index (χ4v) is 8.63. The molecule has 0 saturated heterocycles. The molecule has 0 N–H and O–H groups in total. The summed E-state index contributed by atoms with van der Waals surface area (Å²) in [4.78, 5) is 0. The van der Waals surface area contributed by atoms with E-state index in [0.29, 0.717) is 0 Å². The van der Waals surface area contributed by atoms with Crippen LogP contribution in [0.2, 0.25) is 0 Å². The largest absolute Gasteiger partial charge is 0.307 e. The summed E-state index contributed by atoms with van der Waals surface area (Å²) in [5.74, 6) is 0. The Kier molecular flexibility index (Phi) is 10.5. The molecule has 0 amide bonds. The molecular formula is C58H46N2. The Hall–Kier alpha value is -7.68. The van der Waals surface area contributed by atoms with Crippen molar-refractivity contribution in [2.24, 2.45) is 0 Å². The number of hydrogen-bond acceptors (Lipinski definition) is 0. The van der Waals surface area contributed by atoms with Gasteiger partial charge in [0.15, 0.2) is 0 Å². The molecule has 0 saturated carbocycles. The molecule has 0 bridgehead atoms. The van der Waals surface area contributed by atoms with Crippen molar-refractivity contribution in [2.75, 3.05) is 0 Å². The van der Waals surface area contributed by atoms with E-state index in [1.54, 1.807) is 6.08 Å². The first-order chi connectivity index (χ1) is 29.6. The number of benzene rings is 8. The molecule has 8 aromatic carbocycles. The van der Waals surface area contributed by atoms with E-state index < -0.39 is 0 Å². The molecule has 2 heterocycles. The number of para-hydroxylation sites is 1. The molecular weight excluding hydrogens is 725 g/mol. The summed E-state index contributed by atoms with van der Waals surface area (Å²) >= 11 is 0. The van der Waals surface area contributed by atoms with Crippen LogP contribution in [0.4, 0.5) is 0 Å². The predicted octanol–water partition coefficient (Wildman–Crippen LogP) is 16.3. The van der Waals surface area contributed by atoms with Crippen molar-refractivity contribution in [1.82, 2.24) is 9.13 Å². The third kappa shape index (κ3) is 6.78. The van der Waals surface area contributed by atoms with Crippen molar-refractivity contribution in [1.29, 1.82) is 0 Å². The van der Waals surface area contributed by atoms with Crippen molar-refractivity contribution in [3.63, 3.8) is 0 Å². The zero-order valence-corrected chi connectivity index (χ0v) is 34.1. The highest BCUT2D eigenvalue weighted by Gasteiger charge is 2.22. The Balaban J connectivity index is 0.000000875. The first-order valence-electron chi connectivity index (χ1n) is 20.6. The average molecular weight is 771 g/mol. The van der Waals surface area contributed by atoms with Crippen molar-refractivity contribution < 1.29 is 0 Å². The molecule has 0 unspecified atom stereocenters. The van der Waals surface area contributed by atoms with E-state index in [9.17, 15) is 0 Å². The van der Waals surface area contributed by atoms with Gasteiger partial charge in [-0.25, -0.2) is 0 Å². The normalized spacial score (nSPS) is 11.5. The minimum atomic E-state index is 1.10. The van der Waals surface area contributed by atoms with Gasteiger partial charge >= 0.3 is 0 Å². The number of aromatic nitrogens is 2. The molecule has 0 aliphatic rings. The molecule has 0 fully saturated rings. The van der Waals surface area contributed by atoms with E-state index in [2.05, 4.69) is 223 Å². The van der Waals surface area contributed by atoms with Gasteiger partial charge < -0.3 is 9.13 Å². The van der Waals surface area contributed by atoms with Gasteiger partial charge in [0.25, 0.3) is 0 Å². The number of allylic oxidation sites excluding steroid dienone is 4. The summed E-state index contributed by atoms with van der Waals surface area (Å²) in [6.07, 6.45) is 11.9. The second-order valence-corrected chi connectivity index (χ2v) is 14.9. The highest BCUT2D eigenvalue weighted by molar-refractivity contribution is 6.20. The van der Waals surface area contributed by atoms with Gasteiger partial charge in [0.2, 0.25) is 0 Å². The fourth-order valence-electron chi connectivity index (χ4n) is 8.63. The van der Waals surface area contributed by atoms with E-state index in [1.165, 1.54) is 71.3 Å². The third-order valence-electron chi connectivity index (χ3n) is 11.4. The second-order valence-electron chi connectivity index (χ2n) is 14.9. The fraction of sp³-hybridized carbons (Fsp3) is 0.0345. The molecule has 10 rings (SSSR count). The maximum Gasteiger partial charge on any atom is 0.0788 e. The standard InChI is InChI=1S/C53H38N2.C5H8/c1-3-13-50-44(4-2)48-34-35-49-47-19-10-11-21-51(47)55(43-30-26-38(27-31-43)36-14-6-5-7-15-36)53(49)52(48)54(50)42-32-28-39(29-33-42)37-22-24-41(25-23-37)46-20-12-17-40-16-8-9-18-45(40)46;1-3-5-4-2/h3-35H,2H2,1H3;3-5H,1H2,2H3/b13-3-;5-4-. The molecule has 2 heteroatoms. The molecule has 0 atom stereocenters. The maximum absolute atomic E-state index is 4.32. The lowest BCUT2D eigenvalue weighted by atomic mass is 9.96. The SMILES string of the molecule is C=C/C=C\C.C=Cc1c(/C=C\C)n(-c2ccc(-c3ccc(-c4cccc5ccccc45)cc3)cc2)c2c1ccc1c3ccccc3n(-c3ccc(-c4ccccc4)cc3)c12. The van der Waals surface area contributed by atoms with E-state index >= 15 is 0 Å². The van der Waals surface area contributed by atoms with Gasteiger partial charge in [0, 0.05) is 33.1 Å². The second kappa shape index (κ2) is 16.7. The Morgan fingerprint density at radius 3 is 1.58 bits per heavy atom. The highest BCUT2D eigenvalue weighted by atomic mass is 15.0. The van der Waals surface area contributed by atoms with Crippen LogP contribution in [0.25, 0.3) is 100 Å².